The monoisotopic (exact) mass is 414 g/mol. The molecule has 0 aliphatic carbocycles. The highest BCUT2D eigenvalue weighted by atomic mass is 32.2. The van der Waals surface area contributed by atoms with E-state index in [1.54, 1.807) is 6.08 Å². The van der Waals surface area contributed by atoms with E-state index in [0.717, 1.165) is 39.3 Å². The van der Waals surface area contributed by atoms with Gasteiger partial charge in [-0.3, -0.25) is 19.3 Å². The summed E-state index contributed by atoms with van der Waals surface area (Å²) >= 11 is 0.810. The normalized spacial score (nSPS) is 16.8. The van der Waals surface area contributed by atoms with Crippen LogP contribution in [-0.4, -0.2) is 47.0 Å². The minimum Gasteiger partial charge on any atom is -0.468 e. The van der Waals surface area contributed by atoms with Crippen LogP contribution in [0.25, 0.3) is 11.8 Å². The highest BCUT2D eigenvalue weighted by Gasteiger charge is 2.36. The number of esters is 1. The van der Waals surface area contributed by atoms with Crippen molar-refractivity contribution >= 4 is 35.0 Å². The molecule has 8 nitrogen and oxygen atoms in total. The highest BCUT2D eigenvalue weighted by Crippen LogP contribution is 2.36. The number of thioether (sulfide) groups is 1. The Labute approximate surface area is 171 Å². The number of rotatable bonds is 4. The zero-order valence-electron chi connectivity index (χ0n) is 16.1. The van der Waals surface area contributed by atoms with Gasteiger partial charge in [0.2, 0.25) is 6.79 Å². The molecule has 2 aliphatic rings. The highest BCUT2D eigenvalue weighted by molar-refractivity contribution is 8.18. The van der Waals surface area contributed by atoms with Gasteiger partial charge in [0.25, 0.3) is 11.1 Å². The number of benzene rings is 1. The van der Waals surface area contributed by atoms with Crippen LogP contribution in [0.3, 0.4) is 0 Å². The smallest absolute Gasteiger partial charge is 0.325 e. The van der Waals surface area contributed by atoms with E-state index in [-0.39, 0.29) is 11.7 Å². The second kappa shape index (κ2) is 7.32. The molecule has 3 heterocycles. The van der Waals surface area contributed by atoms with Crippen LogP contribution in [0, 0.1) is 13.8 Å². The topological polar surface area (TPSA) is 87.1 Å². The fourth-order valence-electron chi connectivity index (χ4n) is 3.33. The van der Waals surface area contributed by atoms with Crippen molar-refractivity contribution in [2.45, 2.75) is 13.8 Å². The van der Waals surface area contributed by atoms with Crippen molar-refractivity contribution in [3.05, 3.63) is 46.1 Å². The lowest BCUT2D eigenvalue weighted by Crippen LogP contribution is -2.34. The van der Waals surface area contributed by atoms with E-state index in [1.807, 2.05) is 42.7 Å². The van der Waals surface area contributed by atoms with E-state index in [0.29, 0.717) is 11.5 Å². The van der Waals surface area contributed by atoms with Gasteiger partial charge in [0, 0.05) is 23.1 Å². The van der Waals surface area contributed by atoms with E-state index >= 15 is 0 Å². The van der Waals surface area contributed by atoms with Gasteiger partial charge in [0.15, 0.2) is 11.5 Å². The van der Waals surface area contributed by atoms with Gasteiger partial charge in [0.1, 0.15) is 6.54 Å². The third-order valence-electron chi connectivity index (χ3n) is 4.76. The Kier molecular flexibility index (Phi) is 4.83. The molecule has 2 aliphatic heterocycles. The molecule has 0 atom stereocenters. The Morgan fingerprint density at radius 3 is 2.72 bits per heavy atom. The predicted molar refractivity (Wildman–Crippen MR) is 106 cm³/mol. The summed E-state index contributed by atoms with van der Waals surface area (Å²) in [6.07, 6.45) is 1.67. The van der Waals surface area contributed by atoms with Crippen LogP contribution in [0.4, 0.5) is 4.79 Å². The number of amides is 2. The van der Waals surface area contributed by atoms with Crippen LogP contribution < -0.4 is 9.47 Å². The number of methoxy groups -OCH3 is 1. The lowest BCUT2D eigenvalue weighted by atomic mass is 10.2. The molecule has 1 saturated heterocycles. The summed E-state index contributed by atoms with van der Waals surface area (Å²) in [5, 5.41) is -0.490. The largest absolute Gasteiger partial charge is 0.468 e. The van der Waals surface area contributed by atoms with Crippen molar-refractivity contribution in [3.63, 3.8) is 0 Å². The zero-order chi connectivity index (χ0) is 20.7. The summed E-state index contributed by atoms with van der Waals surface area (Å²) in [4.78, 5) is 37.3. The maximum absolute atomic E-state index is 12.5. The van der Waals surface area contributed by atoms with Crippen molar-refractivity contribution < 1.29 is 28.6 Å². The number of aryl methyl sites for hydroxylation is 1. The number of carbonyl (C=O) groups excluding carboxylic acids is 3. The first-order chi connectivity index (χ1) is 13.9. The molecule has 4 rings (SSSR count). The standard InChI is InChI=1S/C20H18N2O6S/c1-11-6-13(7-17-19(24)21(20(25)29-17)9-18(23)26-3)12(2)22(11)14-4-5-15-16(8-14)28-10-27-15/h4-8H,9-10H2,1-3H3/b17-7-. The molecular formula is C20H18N2O6S. The zero-order valence-corrected chi connectivity index (χ0v) is 16.9. The maximum Gasteiger partial charge on any atom is 0.325 e. The quantitative estimate of drug-likeness (QED) is 0.561. The molecule has 9 heteroatoms. The van der Waals surface area contributed by atoms with E-state index in [1.165, 1.54) is 7.11 Å². The molecule has 1 aromatic carbocycles. The average molecular weight is 414 g/mol. The Bertz CT molecular complexity index is 1070. The molecule has 1 fully saturated rings. The van der Waals surface area contributed by atoms with Crippen molar-refractivity contribution in [1.82, 2.24) is 9.47 Å². The van der Waals surface area contributed by atoms with Crippen molar-refractivity contribution in [2.24, 2.45) is 0 Å². The van der Waals surface area contributed by atoms with Gasteiger partial charge >= 0.3 is 5.97 Å². The predicted octanol–water partition coefficient (Wildman–Crippen LogP) is 3.03. The van der Waals surface area contributed by atoms with Crippen molar-refractivity contribution in [1.29, 1.82) is 0 Å². The average Bonchev–Trinajstić information content (AvgIpc) is 3.34. The Morgan fingerprint density at radius 2 is 1.97 bits per heavy atom. The first kappa shape index (κ1) is 19.1. The first-order valence-corrected chi connectivity index (χ1v) is 9.62. The minimum absolute atomic E-state index is 0.204. The summed E-state index contributed by atoms with van der Waals surface area (Å²) in [6.45, 7) is 3.70. The molecule has 0 bridgehead atoms. The van der Waals surface area contributed by atoms with Gasteiger partial charge in [-0.05, 0) is 55.4 Å². The lowest BCUT2D eigenvalue weighted by molar-refractivity contribution is -0.143. The molecule has 0 unspecified atom stereocenters. The van der Waals surface area contributed by atoms with Gasteiger partial charge in [0.05, 0.1) is 12.0 Å². The minimum atomic E-state index is -0.644. The lowest BCUT2D eigenvalue weighted by Gasteiger charge is -2.10. The number of ether oxygens (including phenoxy) is 3. The number of hydrogen-bond acceptors (Lipinski definition) is 7. The van der Waals surface area contributed by atoms with Gasteiger partial charge in [-0.1, -0.05) is 0 Å². The van der Waals surface area contributed by atoms with Gasteiger partial charge in [-0.15, -0.1) is 0 Å². The van der Waals surface area contributed by atoms with Crippen LogP contribution >= 0.6 is 11.8 Å². The molecule has 0 N–H and O–H groups in total. The second-order valence-electron chi connectivity index (χ2n) is 6.54. The number of imide groups is 1. The number of aromatic nitrogens is 1. The van der Waals surface area contributed by atoms with Crippen LogP contribution in [0.2, 0.25) is 0 Å². The first-order valence-electron chi connectivity index (χ1n) is 8.80. The number of fused-ring (bicyclic) bond motifs is 1. The maximum atomic E-state index is 12.5. The molecular weight excluding hydrogens is 396 g/mol. The van der Waals surface area contributed by atoms with Gasteiger partial charge in [-0.25, -0.2) is 0 Å². The summed E-state index contributed by atoms with van der Waals surface area (Å²) in [7, 11) is 1.21. The Balaban J connectivity index is 1.66. The number of hydrogen-bond donors (Lipinski definition) is 0. The second-order valence-corrected chi connectivity index (χ2v) is 7.54. The molecule has 0 spiro atoms. The third kappa shape index (κ3) is 3.38. The van der Waals surface area contributed by atoms with Crippen molar-refractivity contribution in [2.75, 3.05) is 20.4 Å². The molecule has 0 saturated carbocycles. The fourth-order valence-corrected chi connectivity index (χ4v) is 4.16. The van der Waals surface area contributed by atoms with Gasteiger partial charge in [-0.2, -0.15) is 0 Å². The molecule has 1 aromatic heterocycles. The number of carbonyl (C=O) groups is 3. The third-order valence-corrected chi connectivity index (χ3v) is 5.67. The Hall–Kier alpha value is -3.20. The summed E-state index contributed by atoms with van der Waals surface area (Å²) in [5.74, 6) is 0.240. The van der Waals surface area contributed by atoms with Crippen LogP contribution in [0.5, 0.6) is 11.5 Å². The molecule has 2 aromatic rings. The molecule has 150 valence electrons. The van der Waals surface area contributed by atoms with E-state index in [2.05, 4.69) is 4.74 Å². The van der Waals surface area contributed by atoms with E-state index in [4.69, 9.17) is 9.47 Å². The van der Waals surface area contributed by atoms with Crippen LogP contribution in [0.15, 0.2) is 29.2 Å². The molecule has 29 heavy (non-hydrogen) atoms. The van der Waals surface area contributed by atoms with Crippen molar-refractivity contribution in [3.8, 4) is 17.2 Å². The van der Waals surface area contributed by atoms with Crippen LogP contribution in [-0.2, 0) is 14.3 Å². The summed E-state index contributed by atoms with van der Waals surface area (Å²) < 4.78 is 17.4. The SMILES string of the molecule is COC(=O)CN1C(=O)S/C(=C\c2cc(C)n(-c3ccc4c(c3)OCO4)c2C)C1=O. The Morgan fingerprint density at radius 1 is 1.21 bits per heavy atom. The van der Waals surface area contributed by atoms with Crippen LogP contribution in [0.1, 0.15) is 17.0 Å². The molecule has 0 radical (unpaired) electrons. The van der Waals surface area contributed by atoms with Gasteiger partial charge < -0.3 is 18.8 Å². The fraction of sp³-hybridized carbons (Fsp3) is 0.250. The van der Waals surface area contributed by atoms with E-state index < -0.39 is 23.7 Å². The number of nitrogens with zero attached hydrogens (tertiary/aromatic N) is 2. The summed E-state index contributed by atoms with van der Waals surface area (Å²) in [6, 6.07) is 7.63. The summed E-state index contributed by atoms with van der Waals surface area (Å²) in [5.41, 5.74) is 3.58. The van der Waals surface area contributed by atoms with E-state index in [9.17, 15) is 14.4 Å². The molecule has 2 amide bonds.